The summed E-state index contributed by atoms with van der Waals surface area (Å²) in [5.41, 5.74) is 1.87. The minimum Gasteiger partial charge on any atom is -0.339 e. The Balaban J connectivity index is 2.03. The number of rotatable bonds is 4. The summed E-state index contributed by atoms with van der Waals surface area (Å²) >= 11 is 24.4. The largest absolute Gasteiger partial charge is 0.339 e. The second kappa shape index (κ2) is 8.36. The minimum atomic E-state index is -1.79. The minimum absolute atomic E-state index is 0.225. The van der Waals surface area contributed by atoms with Gasteiger partial charge in [-0.05, 0) is 48.3 Å². The fraction of sp³-hybridized carbons (Fsp3) is 0.200. The molecule has 128 valence electrons. The highest BCUT2D eigenvalue weighted by molar-refractivity contribution is 7.80. The van der Waals surface area contributed by atoms with Crippen molar-refractivity contribution in [3.63, 3.8) is 0 Å². The molecule has 2 rings (SSSR count). The lowest BCUT2D eigenvalue weighted by Gasteiger charge is -2.27. The third-order valence-electron chi connectivity index (χ3n) is 2.90. The van der Waals surface area contributed by atoms with Gasteiger partial charge in [-0.3, -0.25) is 4.79 Å². The number of halogens is 3. The van der Waals surface area contributed by atoms with Crippen molar-refractivity contribution < 1.29 is 4.79 Å². The van der Waals surface area contributed by atoms with Gasteiger partial charge in [0.25, 0.3) is 5.91 Å². The van der Waals surface area contributed by atoms with E-state index in [9.17, 15) is 4.79 Å². The van der Waals surface area contributed by atoms with Gasteiger partial charge < -0.3 is 16.0 Å². The van der Waals surface area contributed by atoms with E-state index in [-0.39, 0.29) is 11.0 Å². The predicted molar refractivity (Wildman–Crippen MR) is 106 cm³/mol. The van der Waals surface area contributed by atoms with Crippen LogP contribution in [0.2, 0.25) is 0 Å². The molecule has 1 unspecified atom stereocenters. The predicted octanol–water partition coefficient (Wildman–Crippen LogP) is 4.47. The Kier molecular flexibility index (Phi) is 6.71. The van der Waals surface area contributed by atoms with E-state index in [0.29, 0.717) is 4.88 Å². The molecule has 0 fully saturated rings. The Bertz CT molecular complexity index is 717. The average Bonchev–Trinajstić information content (AvgIpc) is 2.99. The van der Waals surface area contributed by atoms with Crippen LogP contribution in [-0.4, -0.2) is 21.0 Å². The number of alkyl halides is 3. The molecule has 1 atom stereocenters. The number of anilines is 1. The first-order chi connectivity index (χ1) is 11.3. The van der Waals surface area contributed by atoms with Gasteiger partial charge in [0.1, 0.15) is 6.17 Å². The van der Waals surface area contributed by atoms with Crippen molar-refractivity contribution in [2.45, 2.75) is 16.9 Å². The molecule has 0 bridgehead atoms. The Labute approximate surface area is 164 Å². The molecule has 0 aliphatic heterocycles. The topological polar surface area (TPSA) is 53.2 Å². The van der Waals surface area contributed by atoms with Gasteiger partial charge >= 0.3 is 0 Å². The first-order valence-corrected chi connectivity index (χ1v) is 9.23. The quantitative estimate of drug-likeness (QED) is 0.386. The highest BCUT2D eigenvalue weighted by Crippen LogP contribution is 2.29. The van der Waals surface area contributed by atoms with Gasteiger partial charge in [0.2, 0.25) is 3.79 Å². The van der Waals surface area contributed by atoms with Crippen molar-refractivity contribution in [3.8, 4) is 0 Å². The zero-order valence-electron chi connectivity index (χ0n) is 12.5. The zero-order valence-corrected chi connectivity index (χ0v) is 16.4. The van der Waals surface area contributed by atoms with Crippen LogP contribution < -0.4 is 16.0 Å². The summed E-state index contributed by atoms with van der Waals surface area (Å²) in [6, 6.07) is 11.1. The third kappa shape index (κ3) is 5.79. The number of carbonyl (C=O) groups is 1. The average molecular weight is 423 g/mol. The molecular weight excluding hydrogens is 409 g/mol. The maximum absolute atomic E-state index is 12.2. The van der Waals surface area contributed by atoms with Gasteiger partial charge in [0, 0.05) is 5.69 Å². The summed E-state index contributed by atoms with van der Waals surface area (Å²) in [5.74, 6) is -0.354. The summed E-state index contributed by atoms with van der Waals surface area (Å²) in [6.07, 6.45) is -0.998. The van der Waals surface area contributed by atoms with Crippen LogP contribution in [0.15, 0.2) is 41.8 Å². The first kappa shape index (κ1) is 19.3. The number of hydrogen-bond acceptors (Lipinski definition) is 3. The van der Waals surface area contributed by atoms with Crippen molar-refractivity contribution in [3.05, 3.63) is 52.2 Å². The molecule has 0 saturated heterocycles. The summed E-state index contributed by atoms with van der Waals surface area (Å²) in [6.45, 7) is 1.97. The Hall–Kier alpha value is -1.05. The van der Waals surface area contributed by atoms with E-state index < -0.39 is 9.96 Å². The van der Waals surface area contributed by atoms with E-state index >= 15 is 0 Å². The molecule has 0 aliphatic carbocycles. The van der Waals surface area contributed by atoms with Crippen molar-refractivity contribution in [1.29, 1.82) is 0 Å². The van der Waals surface area contributed by atoms with Crippen LogP contribution in [0.25, 0.3) is 0 Å². The Morgan fingerprint density at radius 2 is 1.96 bits per heavy atom. The van der Waals surface area contributed by atoms with E-state index in [2.05, 4.69) is 16.0 Å². The fourth-order valence-corrected chi connectivity index (χ4v) is 3.02. The Morgan fingerprint density at radius 3 is 2.54 bits per heavy atom. The molecule has 0 spiro atoms. The van der Waals surface area contributed by atoms with Crippen molar-refractivity contribution in [2.24, 2.45) is 0 Å². The van der Waals surface area contributed by atoms with Crippen molar-refractivity contribution in [2.75, 3.05) is 5.32 Å². The number of thiocarbonyl (C=S) groups is 1. The lowest BCUT2D eigenvalue weighted by molar-refractivity contribution is 0.0938. The number of thiophene rings is 1. The molecular formula is C15H14Cl3N3OS2. The van der Waals surface area contributed by atoms with E-state index in [0.717, 1.165) is 11.3 Å². The Morgan fingerprint density at radius 1 is 1.21 bits per heavy atom. The molecule has 0 aliphatic rings. The molecule has 4 nitrogen and oxygen atoms in total. The lowest BCUT2D eigenvalue weighted by Crippen LogP contribution is -2.56. The van der Waals surface area contributed by atoms with Crippen molar-refractivity contribution in [1.82, 2.24) is 10.6 Å². The van der Waals surface area contributed by atoms with E-state index in [1.807, 2.05) is 31.2 Å². The molecule has 3 N–H and O–H groups in total. The summed E-state index contributed by atoms with van der Waals surface area (Å²) < 4.78 is -1.79. The molecule has 24 heavy (non-hydrogen) atoms. The lowest BCUT2D eigenvalue weighted by atomic mass is 10.2. The summed E-state index contributed by atoms with van der Waals surface area (Å²) in [5, 5.41) is 10.4. The van der Waals surface area contributed by atoms with Crippen LogP contribution in [0.1, 0.15) is 15.2 Å². The van der Waals surface area contributed by atoms with Crippen LogP contribution in [0, 0.1) is 6.92 Å². The second-order valence-electron chi connectivity index (χ2n) is 4.89. The molecule has 1 aromatic heterocycles. The van der Waals surface area contributed by atoms with Crippen LogP contribution >= 0.6 is 58.4 Å². The second-order valence-corrected chi connectivity index (χ2v) is 8.62. The zero-order chi connectivity index (χ0) is 17.7. The van der Waals surface area contributed by atoms with Gasteiger partial charge in [-0.2, -0.15) is 0 Å². The number of nitrogens with one attached hydrogen (secondary N) is 3. The standard InChI is InChI=1S/C15H14Cl3N3OS2/c1-9-4-2-5-10(8-9)19-14(23)21-13(15(16,17)18)20-12(22)11-6-3-7-24-11/h2-8,13H,1H3,(H,20,22)(H2,19,21,23). The van der Waals surface area contributed by atoms with Crippen LogP contribution in [0.3, 0.4) is 0 Å². The van der Waals surface area contributed by atoms with Gasteiger partial charge in [-0.25, -0.2) is 0 Å². The number of amides is 1. The molecule has 1 amide bonds. The molecule has 0 saturated carbocycles. The van der Waals surface area contributed by atoms with Crippen LogP contribution in [0.5, 0.6) is 0 Å². The fourth-order valence-electron chi connectivity index (χ4n) is 1.83. The number of aryl methyl sites for hydroxylation is 1. The third-order valence-corrected chi connectivity index (χ3v) is 4.64. The maximum Gasteiger partial charge on any atom is 0.263 e. The summed E-state index contributed by atoms with van der Waals surface area (Å²) in [7, 11) is 0. The SMILES string of the molecule is Cc1cccc(NC(=S)NC(NC(=O)c2cccs2)C(Cl)(Cl)Cl)c1. The van der Waals surface area contributed by atoms with E-state index in [4.69, 9.17) is 47.0 Å². The molecule has 2 aromatic rings. The van der Waals surface area contributed by atoms with Crippen molar-refractivity contribution >= 4 is 75.1 Å². The monoisotopic (exact) mass is 421 g/mol. The molecule has 1 heterocycles. The summed E-state index contributed by atoms with van der Waals surface area (Å²) in [4.78, 5) is 12.7. The van der Waals surface area contributed by atoms with Crippen LogP contribution in [0.4, 0.5) is 5.69 Å². The molecule has 0 radical (unpaired) electrons. The normalized spacial score (nSPS) is 12.3. The van der Waals surface area contributed by atoms with Crippen LogP contribution in [-0.2, 0) is 0 Å². The maximum atomic E-state index is 12.2. The highest BCUT2D eigenvalue weighted by Gasteiger charge is 2.35. The number of hydrogen-bond donors (Lipinski definition) is 3. The van der Waals surface area contributed by atoms with E-state index in [1.54, 1.807) is 17.5 Å². The highest BCUT2D eigenvalue weighted by atomic mass is 35.6. The van der Waals surface area contributed by atoms with E-state index in [1.165, 1.54) is 11.3 Å². The smallest absolute Gasteiger partial charge is 0.263 e. The first-order valence-electron chi connectivity index (χ1n) is 6.81. The number of benzene rings is 1. The molecule has 9 heteroatoms. The van der Waals surface area contributed by atoms with Gasteiger partial charge in [-0.15, -0.1) is 11.3 Å². The van der Waals surface area contributed by atoms with Gasteiger partial charge in [-0.1, -0.05) is 53.0 Å². The van der Waals surface area contributed by atoms with Gasteiger partial charge in [0.05, 0.1) is 4.88 Å². The van der Waals surface area contributed by atoms with Gasteiger partial charge in [0.15, 0.2) is 5.11 Å². The number of carbonyl (C=O) groups excluding carboxylic acids is 1. The molecule has 1 aromatic carbocycles.